The summed E-state index contributed by atoms with van der Waals surface area (Å²) in [7, 11) is 0. The van der Waals surface area contributed by atoms with E-state index in [4.69, 9.17) is 10.3 Å². The van der Waals surface area contributed by atoms with Crippen LogP contribution in [0, 0.1) is 0 Å². The molecule has 0 radical (unpaired) electrons. The van der Waals surface area contributed by atoms with Gasteiger partial charge in [0.05, 0.1) is 0 Å². The van der Waals surface area contributed by atoms with Gasteiger partial charge in [0.1, 0.15) is 12.6 Å². The van der Waals surface area contributed by atoms with E-state index in [1.807, 2.05) is 0 Å². The largest absolute Gasteiger partial charge is 0.446 e. The minimum atomic E-state index is -0.976. The highest BCUT2D eigenvalue weighted by Crippen LogP contribution is 2.27. The Morgan fingerprint density at radius 3 is 2.55 bits per heavy atom. The zero-order chi connectivity index (χ0) is 14.7. The molecule has 1 heterocycles. The van der Waals surface area contributed by atoms with Crippen molar-refractivity contribution in [1.29, 1.82) is 0 Å². The molecule has 1 aliphatic heterocycles. The lowest BCUT2D eigenvalue weighted by atomic mass is 10.1. The number of benzene rings is 1. The SMILES string of the molecule is CC(=O)C(=[N+]=[N-])C(=O)N1C(=O)OC[C@H]1c1ccccc1. The predicted molar refractivity (Wildman–Crippen MR) is 66.7 cm³/mol. The van der Waals surface area contributed by atoms with Gasteiger partial charge in [0.25, 0.3) is 0 Å². The average Bonchev–Trinajstić information content (AvgIpc) is 2.82. The first-order valence-corrected chi connectivity index (χ1v) is 5.84. The van der Waals surface area contributed by atoms with Gasteiger partial charge in [0.2, 0.25) is 5.78 Å². The second-order valence-corrected chi connectivity index (χ2v) is 4.18. The Balaban J connectivity index is 2.37. The van der Waals surface area contributed by atoms with Gasteiger partial charge in [-0.2, -0.15) is 4.79 Å². The zero-order valence-corrected chi connectivity index (χ0v) is 10.6. The van der Waals surface area contributed by atoms with Crippen LogP contribution in [0.3, 0.4) is 0 Å². The summed E-state index contributed by atoms with van der Waals surface area (Å²) in [5, 5.41) is 0. The molecule has 2 rings (SSSR count). The number of ether oxygens (including phenoxy) is 1. The first-order valence-electron chi connectivity index (χ1n) is 5.84. The van der Waals surface area contributed by atoms with Gasteiger partial charge in [-0.05, 0) is 5.56 Å². The monoisotopic (exact) mass is 273 g/mol. The van der Waals surface area contributed by atoms with Gasteiger partial charge < -0.3 is 10.3 Å². The van der Waals surface area contributed by atoms with Crippen molar-refractivity contribution in [2.75, 3.05) is 6.61 Å². The summed E-state index contributed by atoms with van der Waals surface area (Å²) in [5.74, 6) is -1.71. The van der Waals surface area contributed by atoms with E-state index < -0.39 is 29.5 Å². The molecule has 1 aromatic rings. The fourth-order valence-corrected chi connectivity index (χ4v) is 1.94. The number of carbonyl (C=O) groups excluding carboxylic acids is 3. The number of rotatable bonds is 3. The number of Topliss-reactive ketones (excluding diaryl/α,β-unsaturated/α-hetero) is 1. The van der Waals surface area contributed by atoms with Crippen LogP contribution >= 0.6 is 0 Å². The van der Waals surface area contributed by atoms with Crippen molar-refractivity contribution in [3.8, 4) is 0 Å². The summed E-state index contributed by atoms with van der Waals surface area (Å²) < 4.78 is 4.85. The first kappa shape index (κ1) is 13.6. The van der Waals surface area contributed by atoms with E-state index in [0.717, 1.165) is 11.8 Å². The zero-order valence-electron chi connectivity index (χ0n) is 10.6. The van der Waals surface area contributed by atoms with Crippen molar-refractivity contribution in [2.24, 2.45) is 0 Å². The lowest BCUT2D eigenvalue weighted by Gasteiger charge is -2.17. The molecule has 1 fully saturated rings. The molecular formula is C13H11N3O4. The highest BCUT2D eigenvalue weighted by Gasteiger charge is 2.44. The van der Waals surface area contributed by atoms with E-state index in [1.165, 1.54) is 0 Å². The van der Waals surface area contributed by atoms with Gasteiger partial charge in [-0.25, -0.2) is 9.69 Å². The molecule has 1 aliphatic rings. The van der Waals surface area contributed by atoms with Crippen molar-refractivity contribution in [2.45, 2.75) is 13.0 Å². The van der Waals surface area contributed by atoms with Gasteiger partial charge in [0, 0.05) is 6.92 Å². The van der Waals surface area contributed by atoms with Crippen molar-refractivity contribution in [3.63, 3.8) is 0 Å². The second kappa shape index (κ2) is 5.46. The van der Waals surface area contributed by atoms with Crippen molar-refractivity contribution < 1.29 is 23.9 Å². The van der Waals surface area contributed by atoms with Gasteiger partial charge in [0.15, 0.2) is 0 Å². The Hall–Kier alpha value is -2.79. The van der Waals surface area contributed by atoms with Crippen LogP contribution in [-0.2, 0) is 14.3 Å². The first-order chi connectivity index (χ1) is 9.56. The fourth-order valence-electron chi connectivity index (χ4n) is 1.94. The average molecular weight is 273 g/mol. The third-order valence-corrected chi connectivity index (χ3v) is 2.91. The van der Waals surface area contributed by atoms with E-state index in [-0.39, 0.29) is 6.61 Å². The predicted octanol–water partition coefficient (Wildman–Crippen LogP) is 0.966. The van der Waals surface area contributed by atoms with Crippen molar-refractivity contribution in [1.82, 2.24) is 4.90 Å². The number of imide groups is 1. The number of nitrogens with zero attached hydrogens (tertiary/aromatic N) is 3. The van der Waals surface area contributed by atoms with Crippen molar-refractivity contribution >= 4 is 23.5 Å². The Morgan fingerprint density at radius 2 is 2.00 bits per heavy atom. The molecule has 102 valence electrons. The third-order valence-electron chi connectivity index (χ3n) is 2.91. The normalized spacial score (nSPS) is 17.4. The fraction of sp³-hybridized carbons (Fsp3) is 0.231. The Bertz CT molecular complexity index is 620. The molecule has 0 unspecified atom stereocenters. The highest BCUT2D eigenvalue weighted by atomic mass is 16.6. The highest BCUT2D eigenvalue weighted by molar-refractivity contribution is 6.63. The molecule has 0 N–H and O–H groups in total. The van der Waals surface area contributed by atoms with Crippen LogP contribution in [0.2, 0.25) is 0 Å². The molecule has 0 aliphatic carbocycles. The number of amides is 2. The molecule has 0 bridgehead atoms. The second-order valence-electron chi connectivity index (χ2n) is 4.18. The molecule has 1 saturated heterocycles. The molecule has 2 amide bonds. The topological polar surface area (TPSA) is 100 Å². The molecule has 1 atom stereocenters. The van der Waals surface area contributed by atoms with E-state index >= 15 is 0 Å². The van der Waals surface area contributed by atoms with E-state index in [0.29, 0.717) is 5.56 Å². The molecular weight excluding hydrogens is 262 g/mol. The van der Waals surface area contributed by atoms with Gasteiger partial charge in [-0.3, -0.25) is 9.59 Å². The van der Waals surface area contributed by atoms with Crippen LogP contribution < -0.4 is 0 Å². The molecule has 7 heteroatoms. The molecule has 0 saturated carbocycles. The minimum absolute atomic E-state index is 0.00873. The summed E-state index contributed by atoms with van der Waals surface area (Å²) in [5.41, 5.74) is 8.72. The van der Waals surface area contributed by atoms with Crippen LogP contribution in [-0.4, -0.2) is 39.8 Å². The summed E-state index contributed by atoms with van der Waals surface area (Å²) in [4.78, 5) is 38.5. The van der Waals surface area contributed by atoms with E-state index in [1.54, 1.807) is 30.3 Å². The van der Waals surface area contributed by atoms with Crippen molar-refractivity contribution in [3.05, 3.63) is 41.4 Å². The Labute approximate surface area is 114 Å². The third kappa shape index (κ3) is 2.34. The number of hydrogen-bond acceptors (Lipinski definition) is 4. The van der Waals surface area contributed by atoms with Crippen LogP contribution in [0.4, 0.5) is 4.79 Å². The van der Waals surface area contributed by atoms with Gasteiger partial charge >= 0.3 is 17.7 Å². The summed E-state index contributed by atoms with van der Waals surface area (Å²) in [6.45, 7) is 1.07. The van der Waals surface area contributed by atoms with E-state index in [9.17, 15) is 14.4 Å². The lowest BCUT2D eigenvalue weighted by Crippen LogP contribution is -2.41. The minimum Gasteiger partial charge on any atom is -0.446 e. The Kier molecular flexibility index (Phi) is 3.72. The lowest BCUT2D eigenvalue weighted by molar-refractivity contribution is -0.130. The number of hydrogen-bond donors (Lipinski definition) is 0. The smallest absolute Gasteiger partial charge is 0.422 e. The van der Waals surface area contributed by atoms with Crippen LogP contribution in [0.5, 0.6) is 0 Å². The van der Waals surface area contributed by atoms with Crippen LogP contribution in [0.25, 0.3) is 5.53 Å². The maximum atomic E-state index is 12.1. The quantitative estimate of drug-likeness (QED) is 0.354. The van der Waals surface area contributed by atoms with E-state index in [2.05, 4.69) is 4.79 Å². The van der Waals surface area contributed by atoms with Gasteiger partial charge in [-0.15, -0.1) is 0 Å². The number of cyclic esters (lactones) is 1. The summed E-state index contributed by atoms with van der Waals surface area (Å²) >= 11 is 0. The summed E-state index contributed by atoms with van der Waals surface area (Å²) in [6, 6.07) is 8.13. The number of ketones is 1. The van der Waals surface area contributed by atoms with Crippen LogP contribution in [0.15, 0.2) is 30.3 Å². The molecule has 20 heavy (non-hydrogen) atoms. The molecule has 0 spiro atoms. The van der Waals surface area contributed by atoms with Crippen LogP contribution in [0.1, 0.15) is 18.5 Å². The maximum Gasteiger partial charge on any atom is 0.422 e. The molecule has 7 nitrogen and oxygen atoms in total. The summed E-state index contributed by atoms with van der Waals surface area (Å²) in [6.07, 6.45) is -0.869. The van der Waals surface area contributed by atoms with Gasteiger partial charge in [-0.1, -0.05) is 30.3 Å². The maximum absolute atomic E-state index is 12.1. The molecule has 1 aromatic carbocycles. The number of carbonyl (C=O) groups is 3. The Morgan fingerprint density at radius 1 is 1.35 bits per heavy atom. The standard InChI is InChI=1S/C13H11N3O4/c1-8(17)11(15-14)12(18)16-10(7-20-13(16)19)9-5-3-2-4-6-9/h2-6,10H,7H2,1H3/t10-/m0/s1. The molecule has 0 aromatic heterocycles.